The van der Waals surface area contributed by atoms with Crippen LogP contribution in [0.3, 0.4) is 0 Å². The first-order chi connectivity index (χ1) is 16.3. The fraction of sp³-hybridized carbons (Fsp3) is 0.148. The molecule has 6 nitrogen and oxygen atoms in total. The Bertz CT molecular complexity index is 1330. The van der Waals surface area contributed by atoms with Crippen LogP contribution in [0, 0.1) is 13.8 Å². The second-order valence-corrected chi connectivity index (χ2v) is 8.28. The zero-order chi connectivity index (χ0) is 24.4. The van der Waals surface area contributed by atoms with Gasteiger partial charge in [-0.1, -0.05) is 48.9 Å². The SMILES string of the molecule is CCc1ccccc1OC(=O)c1ccc(NC2=C(Cl)C(=O)N(c3cccc(C)c3C)C2=O)cc1. The van der Waals surface area contributed by atoms with Gasteiger partial charge in [0.2, 0.25) is 0 Å². The molecule has 1 aliphatic heterocycles. The first-order valence-electron chi connectivity index (χ1n) is 10.8. The van der Waals surface area contributed by atoms with Crippen LogP contribution in [-0.4, -0.2) is 17.8 Å². The maximum Gasteiger partial charge on any atom is 0.343 e. The van der Waals surface area contributed by atoms with E-state index in [1.54, 1.807) is 42.5 Å². The number of imide groups is 1. The number of rotatable bonds is 6. The molecule has 3 aromatic rings. The van der Waals surface area contributed by atoms with Crippen molar-refractivity contribution >= 4 is 40.8 Å². The normalized spacial score (nSPS) is 13.5. The van der Waals surface area contributed by atoms with Crippen LogP contribution in [-0.2, 0) is 16.0 Å². The number of para-hydroxylation sites is 1. The fourth-order valence-corrected chi connectivity index (χ4v) is 3.91. The van der Waals surface area contributed by atoms with Crippen molar-refractivity contribution in [2.45, 2.75) is 27.2 Å². The summed E-state index contributed by atoms with van der Waals surface area (Å²) in [6, 6.07) is 19.2. The molecule has 1 aliphatic rings. The van der Waals surface area contributed by atoms with Gasteiger partial charge in [-0.3, -0.25) is 9.59 Å². The molecule has 0 aliphatic carbocycles. The Morgan fingerprint density at radius 2 is 1.65 bits per heavy atom. The lowest BCUT2D eigenvalue weighted by Gasteiger charge is -2.18. The average molecular weight is 475 g/mol. The summed E-state index contributed by atoms with van der Waals surface area (Å²) in [5, 5.41) is 2.73. The van der Waals surface area contributed by atoms with E-state index in [1.165, 1.54) is 0 Å². The van der Waals surface area contributed by atoms with Crippen molar-refractivity contribution in [3.63, 3.8) is 0 Å². The summed E-state index contributed by atoms with van der Waals surface area (Å²) in [5.74, 6) is -1.09. The van der Waals surface area contributed by atoms with E-state index in [0.717, 1.165) is 28.0 Å². The van der Waals surface area contributed by atoms with Crippen LogP contribution in [0.15, 0.2) is 77.5 Å². The smallest absolute Gasteiger partial charge is 0.343 e. The van der Waals surface area contributed by atoms with Crippen LogP contribution in [0.4, 0.5) is 11.4 Å². The second kappa shape index (κ2) is 9.53. The van der Waals surface area contributed by atoms with Gasteiger partial charge in [0.25, 0.3) is 11.8 Å². The van der Waals surface area contributed by atoms with Crippen molar-refractivity contribution in [3.8, 4) is 5.75 Å². The molecule has 3 aromatic carbocycles. The van der Waals surface area contributed by atoms with Gasteiger partial charge in [0, 0.05) is 5.69 Å². The predicted octanol–water partition coefficient (Wildman–Crippen LogP) is 5.52. The van der Waals surface area contributed by atoms with Crippen molar-refractivity contribution in [2.75, 3.05) is 10.2 Å². The highest BCUT2D eigenvalue weighted by atomic mass is 35.5. The average Bonchev–Trinajstić information content (AvgIpc) is 3.04. The summed E-state index contributed by atoms with van der Waals surface area (Å²) in [4.78, 5) is 39.5. The number of aryl methyl sites for hydroxylation is 2. The molecule has 0 spiro atoms. The largest absolute Gasteiger partial charge is 0.423 e. The number of hydrogen-bond donors (Lipinski definition) is 1. The molecule has 0 aromatic heterocycles. The van der Waals surface area contributed by atoms with Gasteiger partial charge in [0.05, 0.1) is 11.3 Å². The number of halogens is 1. The van der Waals surface area contributed by atoms with Crippen LogP contribution in [0.1, 0.15) is 34.0 Å². The summed E-state index contributed by atoms with van der Waals surface area (Å²) < 4.78 is 5.53. The minimum absolute atomic E-state index is 0.0141. The molecule has 0 bridgehead atoms. The molecule has 1 N–H and O–H groups in total. The molecule has 34 heavy (non-hydrogen) atoms. The van der Waals surface area contributed by atoms with E-state index >= 15 is 0 Å². The number of nitrogens with one attached hydrogen (secondary N) is 1. The number of amides is 2. The number of carbonyl (C=O) groups excluding carboxylic acids is 3. The van der Waals surface area contributed by atoms with Gasteiger partial charge in [-0.25, -0.2) is 9.69 Å². The van der Waals surface area contributed by atoms with Crippen LogP contribution in [0.25, 0.3) is 0 Å². The van der Waals surface area contributed by atoms with Gasteiger partial charge in [-0.15, -0.1) is 0 Å². The van der Waals surface area contributed by atoms with Crippen molar-refractivity contribution in [3.05, 3.63) is 99.7 Å². The second-order valence-electron chi connectivity index (χ2n) is 7.91. The number of hydrogen-bond acceptors (Lipinski definition) is 5. The number of carbonyl (C=O) groups is 3. The third-order valence-electron chi connectivity index (χ3n) is 5.79. The number of nitrogens with zero attached hydrogens (tertiary/aromatic N) is 1. The number of ether oxygens (including phenoxy) is 1. The summed E-state index contributed by atoms with van der Waals surface area (Å²) >= 11 is 6.24. The Labute approximate surface area is 202 Å². The Balaban J connectivity index is 1.51. The summed E-state index contributed by atoms with van der Waals surface area (Å²) in [6.07, 6.45) is 0.744. The molecule has 2 amide bonds. The first kappa shape index (κ1) is 23.3. The molecule has 172 valence electrons. The molecule has 0 unspecified atom stereocenters. The predicted molar refractivity (Wildman–Crippen MR) is 132 cm³/mol. The molecule has 0 saturated heterocycles. The minimum atomic E-state index is -0.586. The van der Waals surface area contributed by atoms with Gasteiger partial charge in [0.15, 0.2) is 0 Å². The molecular formula is C27H23ClN2O4. The molecule has 7 heteroatoms. The molecule has 4 rings (SSSR count). The summed E-state index contributed by atoms with van der Waals surface area (Å²) in [5.41, 5.74) is 4.05. The van der Waals surface area contributed by atoms with Crippen molar-refractivity contribution in [2.24, 2.45) is 0 Å². The number of esters is 1. The standard InChI is InChI=1S/C27H23ClN2O4/c1-4-18-9-5-6-11-22(18)34-27(33)19-12-14-20(15-13-19)29-24-23(28)25(31)30(26(24)32)21-10-7-8-16(2)17(21)3/h5-15,29H,4H2,1-3H3. The van der Waals surface area contributed by atoms with Gasteiger partial charge in [-0.05, 0) is 73.4 Å². The van der Waals surface area contributed by atoms with E-state index in [0.29, 0.717) is 22.7 Å². The van der Waals surface area contributed by atoms with E-state index in [-0.39, 0.29) is 10.7 Å². The zero-order valence-corrected chi connectivity index (χ0v) is 19.8. The third kappa shape index (κ3) is 4.32. The number of anilines is 2. The topological polar surface area (TPSA) is 75.7 Å². The van der Waals surface area contributed by atoms with Crippen LogP contribution < -0.4 is 15.0 Å². The lowest BCUT2D eigenvalue weighted by Crippen LogP contribution is -2.33. The fourth-order valence-electron chi connectivity index (χ4n) is 3.70. The van der Waals surface area contributed by atoms with E-state index < -0.39 is 17.8 Å². The summed E-state index contributed by atoms with van der Waals surface area (Å²) in [6.45, 7) is 5.75. The van der Waals surface area contributed by atoms with Crippen molar-refractivity contribution in [1.82, 2.24) is 0 Å². The Morgan fingerprint density at radius 1 is 0.941 bits per heavy atom. The lowest BCUT2D eigenvalue weighted by molar-refractivity contribution is -0.120. The maximum atomic E-state index is 13.1. The Hall–Kier alpha value is -3.90. The van der Waals surface area contributed by atoms with Crippen LogP contribution in [0.2, 0.25) is 0 Å². The third-order valence-corrected chi connectivity index (χ3v) is 6.14. The highest BCUT2D eigenvalue weighted by molar-refractivity contribution is 6.53. The van der Waals surface area contributed by atoms with Gasteiger partial charge >= 0.3 is 5.97 Å². The molecule has 0 saturated carbocycles. The quantitative estimate of drug-likeness (QED) is 0.289. The van der Waals surface area contributed by atoms with Crippen molar-refractivity contribution in [1.29, 1.82) is 0 Å². The monoisotopic (exact) mass is 474 g/mol. The summed E-state index contributed by atoms with van der Waals surface area (Å²) in [7, 11) is 0. The highest BCUT2D eigenvalue weighted by Crippen LogP contribution is 2.33. The van der Waals surface area contributed by atoms with E-state index in [9.17, 15) is 14.4 Å². The van der Waals surface area contributed by atoms with Crippen LogP contribution in [0.5, 0.6) is 5.75 Å². The number of benzene rings is 3. The molecule has 0 radical (unpaired) electrons. The van der Waals surface area contributed by atoms with Gasteiger partial charge in [0.1, 0.15) is 16.5 Å². The van der Waals surface area contributed by atoms with E-state index in [1.807, 2.05) is 45.0 Å². The van der Waals surface area contributed by atoms with Gasteiger partial charge < -0.3 is 10.1 Å². The molecular weight excluding hydrogens is 452 g/mol. The molecule has 0 fully saturated rings. The minimum Gasteiger partial charge on any atom is -0.423 e. The van der Waals surface area contributed by atoms with E-state index in [4.69, 9.17) is 16.3 Å². The first-order valence-corrected chi connectivity index (χ1v) is 11.2. The van der Waals surface area contributed by atoms with E-state index in [2.05, 4.69) is 5.32 Å². The molecule has 0 atom stereocenters. The highest BCUT2D eigenvalue weighted by Gasteiger charge is 2.39. The van der Waals surface area contributed by atoms with Gasteiger partial charge in [-0.2, -0.15) is 0 Å². The molecule has 1 heterocycles. The maximum absolute atomic E-state index is 13.1. The zero-order valence-electron chi connectivity index (χ0n) is 19.0. The van der Waals surface area contributed by atoms with Crippen LogP contribution >= 0.6 is 11.6 Å². The Kier molecular flexibility index (Phi) is 6.52. The lowest BCUT2D eigenvalue weighted by atomic mass is 10.1. The Morgan fingerprint density at radius 3 is 2.35 bits per heavy atom. The van der Waals surface area contributed by atoms with Crippen molar-refractivity contribution < 1.29 is 19.1 Å².